The Morgan fingerprint density at radius 1 is 1.00 bits per heavy atom. The first-order valence-electron chi connectivity index (χ1n) is 9.49. The van der Waals surface area contributed by atoms with E-state index >= 15 is 0 Å². The first-order valence-corrected chi connectivity index (χ1v) is 9.49. The van der Waals surface area contributed by atoms with Gasteiger partial charge in [-0.2, -0.15) is 0 Å². The van der Waals surface area contributed by atoms with Crippen molar-refractivity contribution in [2.45, 2.75) is 0 Å². The number of benzene rings is 2. The molecule has 1 aliphatic heterocycles. The van der Waals surface area contributed by atoms with E-state index in [-0.39, 0.29) is 5.91 Å². The van der Waals surface area contributed by atoms with Gasteiger partial charge in [0.2, 0.25) is 0 Å². The highest BCUT2D eigenvalue weighted by Gasteiger charge is 2.24. The zero-order valence-corrected chi connectivity index (χ0v) is 15.8. The Kier molecular flexibility index (Phi) is 5.31. The third kappa shape index (κ3) is 4.00. The number of para-hydroxylation sites is 2. The van der Waals surface area contributed by atoms with Gasteiger partial charge in [-0.15, -0.1) is 0 Å². The Morgan fingerprint density at radius 2 is 1.72 bits per heavy atom. The average Bonchev–Trinajstić information content (AvgIpc) is 3.21. The second kappa shape index (κ2) is 8.20. The van der Waals surface area contributed by atoms with Gasteiger partial charge in [0.25, 0.3) is 11.8 Å². The minimum atomic E-state index is -0.575. The molecular formula is C22H22N4O3. The van der Waals surface area contributed by atoms with Crippen molar-refractivity contribution in [2.24, 2.45) is 0 Å². The van der Waals surface area contributed by atoms with Crippen molar-refractivity contribution in [3.05, 3.63) is 71.9 Å². The van der Waals surface area contributed by atoms with Gasteiger partial charge in [0, 0.05) is 48.8 Å². The molecule has 29 heavy (non-hydrogen) atoms. The number of carbonyl (C=O) groups is 2. The zero-order chi connectivity index (χ0) is 20.2. The molecule has 2 aromatic carbocycles. The van der Waals surface area contributed by atoms with Crippen LogP contribution in [0.3, 0.4) is 0 Å². The molecule has 7 heteroatoms. The molecule has 1 fully saturated rings. The van der Waals surface area contributed by atoms with Crippen LogP contribution < -0.4 is 10.4 Å². The number of nitrogens with zero attached hydrogens (tertiary/aromatic N) is 2. The molecule has 0 radical (unpaired) electrons. The van der Waals surface area contributed by atoms with Gasteiger partial charge in [-0.05, 0) is 29.8 Å². The van der Waals surface area contributed by atoms with Crippen LogP contribution in [0.2, 0.25) is 0 Å². The fourth-order valence-electron chi connectivity index (χ4n) is 3.63. The van der Waals surface area contributed by atoms with Crippen molar-refractivity contribution >= 4 is 34.5 Å². The summed E-state index contributed by atoms with van der Waals surface area (Å²) in [6.45, 7) is 2.62. The molecule has 0 spiro atoms. The van der Waals surface area contributed by atoms with Gasteiger partial charge in [-0.25, -0.2) is 5.48 Å². The fraction of sp³-hybridized carbons (Fsp3) is 0.182. The normalized spacial score (nSPS) is 14.5. The van der Waals surface area contributed by atoms with Crippen LogP contribution in [0.5, 0.6) is 0 Å². The predicted octanol–water partition coefficient (Wildman–Crippen LogP) is 2.65. The number of nitrogens with one attached hydrogen (secondary N) is 2. The monoisotopic (exact) mass is 390 g/mol. The molecule has 148 valence electrons. The zero-order valence-electron chi connectivity index (χ0n) is 15.8. The van der Waals surface area contributed by atoms with Crippen LogP contribution in [-0.4, -0.2) is 53.1 Å². The quantitative estimate of drug-likeness (QED) is 0.363. The van der Waals surface area contributed by atoms with Crippen molar-refractivity contribution in [2.75, 3.05) is 31.1 Å². The summed E-state index contributed by atoms with van der Waals surface area (Å²) >= 11 is 0. The highest BCUT2D eigenvalue weighted by Crippen LogP contribution is 2.24. The number of hydrogen-bond acceptors (Lipinski definition) is 4. The Balaban J connectivity index is 1.45. The van der Waals surface area contributed by atoms with Crippen LogP contribution in [0, 0.1) is 0 Å². The fourth-order valence-corrected chi connectivity index (χ4v) is 3.63. The van der Waals surface area contributed by atoms with E-state index in [4.69, 9.17) is 5.21 Å². The van der Waals surface area contributed by atoms with E-state index in [1.54, 1.807) is 11.6 Å². The summed E-state index contributed by atoms with van der Waals surface area (Å²) in [6, 6.07) is 17.5. The summed E-state index contributed by atoms with van der Waals surface area (Å²) in [5.41, 5.74) is 5.03. The van der Waals surface area contributed by atoms with Gasteiger partial charge in [-0.3, -0.25) is 14.8 Å². The molecule has 1 aromatic heterocycles. The molecule has 1 saturated heterocycles. The molecule has 2 amide bonds. The van der Waals surface area contributed by atoms with Crippen molar-refractivity contribution in [1.82, 2.24) is 15.4 Å². The van der Waals surface area contributed by atoms with Crippen LogP contribution in [0.15, 0.2) is 60.7 Å². The van der Waals surface area contributed by atoms with Gasteiger partial charge in [-0.1, -0.05) is 36.4 Å². The SMILES string of the molecule is O=C(/C=C/c1ccccc1N1CCN(C(=O)c2cc3ccccc3[nH]2)CC1)NO. The molecule has 0 saturated carbocycles. The lowest BCUT2D eigenvalue weighted by Crippen LogP contribution is -2.49. The summed E-state index contributed by atoms with van der Waals surface area (Å²) in [5, 5.41) is 9.68. The molecular weight excluding hydrogens is 368 g/mol. The molecule has 3 N–H and O–H groups in total. The second-order valence-electron chi connectivity index (χ2n) is 6.92. The van der Waals surface area contributed by atoms with Crippen LogP contribution in [0.4, 0.5) is 5.69 Å². The molecule has 0 atom stereocenters. The number of H-pyrrole nitrogens is 1. The topological polar surface area (TPSA) is 88.7 Å². The molecule has 2 heterocycles. The maximum absolute atomic E-state index is 12.9. The summed E-state index contributed by atoms with van der Waals surface area (Å²) in [5.74, 6) is -0.567. The smallest absolute Gasteiger partial charge is 0.270 e. The molecule has 7 nitrogen and oxygen atoms in total. The number of aromatic nitrogens is 1. The second-order valence-corrected chi connectivity index (χ2v) is 6.92. The molecule has 0 unspecified atom stereocenters. The maximum Gasteiger partial charge on any atom is 0.270 e. The van der Waals surface area contributed by atoms with E-state index in [9.17, 15) is 9.59 Å². The van der Waals surface area contributed by atoms with Crippen LogP contribution in [0.1, 0.15) is 16.1 Å². The molecule has 1 aliphatic rings. The largest absolute Gasteiger partial charge is 0.367 e. The molecule has 4 rings (SSSR count). The summed E-state index contributed by atoms with van der Waals surface area (Å²) in [7, 11) is 0. The number of amides is 2. The van der Waals surface area contributed by atoms with Crippen molar-refractivity contribution in [3.63, 3.8) is 0 Å². The number of aromatic amines is 1. The number of anilines is 1. The molecule has 3 aromatic rings. The van der Waals surface area contributed by atoms with E-state index in [1.807, 2.05) is 59.5 Å². The lowest BCUT2D eigenvalue weighted by Gasteiger charge is -2.36. The minimum Gasteiger partial charge on any atom is -0.367 e. The van der Waals surface area contributed by atoms with Crippen molar-refractivity contribution in [1.29, 1.82) is 0 Å². The van der Waals surface area contributed by atoms with Crippen molar-refractivity contribution < 1.29 is 14.8 Å². The van der Waals surface area contributed by atoms with E-state index in [1.165, 1.54) is 6.08 Å². The predicted molar refractivity (Wildman–Crippen MR) is 112 cm³/mol. The summed E-state index contributed by atoms with van der Waals surface area (Å²) < 4.78 is 0. The van der Waals surface area contributed by atoms with Crippen molar-refractivity contribution in [3.8, 4) is 0 Å². The Morgan fingerprint density at radius 3 is 2.48 bits per heavy atom. The highest BCUT2D eigenvalue weighted by atomic mass is 16.5. The number of carbonyl (C=O) groups excluding carboxylic acids is 2. The number of fused-ring (bicyclic) bond motifs is 1. The number of hydrogen-bond donors (Lipinski definition) is 3. The molecule has 0 aliphatic carbocycles. The van der Waals surface area contributed by atoms with E-state index in [0.29, 0.717) is 31.9 Å². The Bertz CT molecular complexity index is 1030. The third-order valence-corrected chi connectivity index (χ3v) is 5.13. The van der Waals surface area contributed by atoms with Gasteiger partial charge in [0.05, 0.1) is 0 Å². The number of piperazine rings is 1. The summed E-state index contributed by atoms with van der Waals surface area (Å²) in [6.07, 6.45) is 2.96. The number of rotatable bonds is 4. The van der Waals surface area contributed by atoms with E-state index in [0.717, 1.165) is 22.2 Å². The maximum atomic E-state index is 12.9. The Hall–Kier alpha value is -3.58. The van der Waals surface area contributed by atoms with Gasteiger partial charge in [0.1, 0.15) is 5.69 Å². The Labute approximate surface area is 168 Å². The van der Waals surface area contributed by atoms with Gasteiger partial charge >= 0.3 is 0 Å². The molecule has 0 bridgehead atoms. The first kappa shape index (κ1) is 18.8. The van der Waals surface area contributed by atoms with E-state index < -0.39 is 5.91 Å². The van der Waals surface area contributed by atoms with Gasteiger partial charge in [0.15, 0.2) is 0 Å². The van der Waals surface area contributed by atoms with Gasteiger partial charge < -0.3 is 14.8 Å². The van der Waals surface area contributed by atoms with Crippen LogP contribution >= 0.6 is 0 Å². The lowest BCUT2D eigenvalue weighted by atomic mass is 10.1. The average molecular weight is 390 g/mol. The highest BCUT2D eigenvalue weighted by molar-refractivity contribution is 5.98. The standard InChI is InChI=1S/C22H22N4O3/c27-21(24-29)10-9-16-5-2-4-8-20(16)25-11-13-26(14-12-25)22(28)19-15-17-6-1-3-7-18(17)23-19/h1-10,15,23,29H,11-14H2,(H,24,27)/b10-9+. The van der Waals surface area contributed by atoms with Crippen LogP contribution in [-0.2, 0) is 4.79 Å². The summed E-state index contributed by atoms with van der Waals surface area (Å²) in [4.78, 5) is 31.4. The lowest BCUT2D eigenvalue weighted by molar-refractivity contribution is -0.124. The first-order chi connectivity index (χ1) is 14.2. The number of hydroxylamine groups is 1. The minimum absolute atomic E-state index is 0.00801. The van der Waals surface area contributed by atoms with Crippen LogP contribution in [0.25, 0.3) is 17.0 Å². The van der Waals surface area contributed by atoms with E-state index in [2.05, 4.69) is 9.88 Å². The third-order valence-electron chi connectivity index (χ3n) is 5.13.